The summed E-state index contributed by atoms with van der Waals surface area (Å²) in [6.45, 7) is 1.97. The number of rotatable bonds is 4. The summed E-state index contributed by atoms with van der Waals surface area (Å²) in [6, 6.07) is 3.09. The van der Waals surface area contributed by atoms with Crippen molar-refractivity contribution in [3.8, 4) is 12.3 Å². The predicted octanol–water partition coefficient (Wildman–Crippen LogP) is 3.41. The van der Waals surface area contributed by atoms with Gasteiger partial charge >= 0.3 is 0 Å². The van der Waals surface area contributed by atoms with Gasteiger partial charge in [0, 0.05) is 14.0 Å². The number of nitrogens with one attached hydrogen (secondary N) is 2. The summed E-state index contributed by atoms with van der Waals surface area (Å²) >= 11 is 12.7. The third-order valence-corrected chi connectivity index (χ3v) is 3.59. The lowest BCUT2D eigenvalue weighted by Crippen LogP contribution is -2.37. The average Bonchev–Trinajstić information content (AvgIpc) is 2.30. The van der Waals surface area contributed by atoms with Crippen molar-refractivity contribution in [2.24, 2.45) is 0 Å². The standard InChI is InChI=1S/C12H11Br2ClN2O/c1-3-4-16-12(18)7(2)17-11-9(13)5-8(15)6-10(11)14/h1,5-7,17H,4H2,2H3,(H,16,18). The van der Waals surface area contributed by atoms with Crippen molar-refractivity contribution >= 4 is 55.1 Å². The van der Waals surface area contributed by atoms with Gasteiger partial charge in [-0.15, -0.1) is 6.42 Å². The minimum atomic E-state index is -0.410. The molecule has 1 aromatic rings. The molecule has 18 heavy (non-hydrogen) atoms. The van der Waals surface area contributed by atoms with Gasteiger partial charge in [-0.1, -0.05) is 17.5 Å². The Morgan fingerprint density at radius 1 is 1.50 bits per heavy atom. The van der Waals surface area contributed by atoms with E-state index in [4.69, 9.17) is 18.0 Å². The van der Waals surface area contributed by atoms with E-state index in [9.17, 15) is 4.79 Å². The van der Waals surface area contributed by atoms with E-state index in [1.807, 2.05) is 0 Å². The Kier molecular flexibility index (Phi) is 6.00. The Morgan fingerprint density at radius 2 is 2.06 bits per heavy atom. The van der Waals surface area contributed by atoms with E-state index in [0.29, 0.717) is 5.02 Å². The SMILES string of the molecule is C#CCNC(=O)C(C)Nc1c(Br)cc(Cl)cc1Br. The second-order valence-electron chi connectivity index (χ2n) is 3.53. The summed E-state index contributed by atoms with van der Waals surface area (Å²) in [5.74, 6) is 2.19. The van der Waals surface area contributed by atoms with E-state index in [0.717, 1.165) is 14.6 Å². The summed E-state index contributed by atoms with van der Waals surface area (Å²) in [5.41, 5.74) is 0.766. The van der Waals surface area contributed by atoms with Crippen molar-refractivity contribution in [2.45, 2.75) is 13.0 Å². The van der Waals surface area contributed by atoms with Crippen LogP contribution in [-0.4, -0.2) is 18.5 Å². The Labute approximate surface area is 128 Å². The van der Waals surface area contributed by atoms with Crippen LogP contribution in [0, 0.1) is 12.3 Å². The van der Waals surface area contributed by atoms with Gasteiger partial charge in [-0.25, -0.2) is 0 Å². The largest absolute Gasteiger partial charge is 0.372 e. The number of hydrogen-bond acceptors (Lipinski definition) is 2. The molecule has 1 aromatic carbocycles. The van der Waals surface area contributed by atoms with Crippen LogP contribution in [0.2, 0.25) is 5.02 Å². The molecule has 2 N–H and O–H groups in total. The van der Waals surface area contributed by atoms with Crippen LogP contribution in [-0.2, 0) is 4.79 Å². The van der Waals surface area contributed by atoms with Crippen molar-refractivity contribution in [3.05, 3.63) is 26.1 Å². The van der Waals surface area contributed by atoms with Gasteiger partial charge in [-0.2, -0.15) is 0 Å². The van der Waals surface area contributed by atoms with Gasteiger partial charge in [0.2, 0.25) is 5.91 Å². The molecule has 1 atom stereocenters. The summed E-state index contributed by atoms with van der Waals surface area (Å²) in [6.07, 6.45) is 5.08. The molecule has 1 rings (SSSR count). The molecule has 0 saturated heterocycles. The second-order valence-corrected chi connectivity index (χ2v) is 5.68. The van der Waals surface area contributed by atoms with Crippen molar-refractivity contribution in [1.29, 1.82) is 0 Å². The van der Waals surface area contributed by atoms with Crippen LogP contribution in [0.25, 0.3) is 0 Å². The smallest absolute Gasteiger partial charge is 0.242 e. The highest BCUT2D eigenvalue weighted by atomic mass is 79.9. The van der Waals surface area contributed by atoms with E-state index in [1.54, 1.807) is 19.1 Å². The molecule has 6 heteroatoms. The summed E-state index contributed by atoms with van der Waals surface area (Å²) in [5, 5.41) is 6.29. The van der Waals surface area contributed by atoms with Crippen molar-refractivity contribution < 1.29 is 4.79 Å². The van der Waals surface area contributed by atoms with Crippen LogP contribution in [0.15, 0.2) is 21.1 Å². The number of amides is 1. The molecule has 0 aliphatic rings. The van der Waals surface area contributed by atoms with Gasteiger partial charge in [0.25, 0.3) is 0 Å². The molecule has 1 unspecified atom stereocenters. The Hall–Kier alpha value is -0.700. The molecular formula is C12H11Br2ClN2O. The number of carbonyl (C=O) groups is 1. The highest BCUT2D eigenvalue weighted by Gasteiger charge is 2.15. The molecule has 0 spiro atoms. The third-order valence-electron chi connectivity index (χ3n) is 2.13. The predicted molar refractivity (Wildman–Crippen MR) is 81.8 cm³/mol. The summed E-state index contributed by atoms with van der Waals surface area (Å²) < 4.78 is 1.55. The van der Waals surface area contributed by atoms with Gasteiger partial charge < -0.3 is 10.6 Å². The molecule has 3 nitrogen and oxygen atoms in total. The first kappa shape index (κ1) is 15.4. The first-order chi connectivity index (χ1) is 8.45. The average molecular weight is 394 g/mol. The van der Waals surface area contributed by atoms with Crippen molar-refractivity contribution in [3.63, 3.8) is 0 Å². The molecule has 0 fully saturated rings. The molecule has 0 aliphatic carbocycles. The van der Waals surface area contributed by atoms with Crippen LogP contribution in [0.3, 0.4) is 0 Å². The lowest BCUT2D eigenvalue weighted by Gasteiger charge is -2.17. The molecule has 0 aliphatic heterocycles. The fraction of sp³-hybridized carbons (Fsp3) is 0.250. The number of anilines is 1. The van der Waals surface area contributed by atoms with Crippen LogP contribution in [0.5, 0.6) is 0 Å². The minimum absolute atomic E-state index is 0.165. The van der Waals surface area contributed by atoms with Crippen LogP contribution >= 0.6 is 43.5 Å². The molecule has 96 valence electrons. The fourth-order valence-electron chi connectivity index (χ4n) is 1.25. The molecule has 1 amide bonds. The lowest BCUT2D eigenvalue weighted by atomic mass is 10.2. The summed E-state index contributed by atoms with van der Waals surface area (Å²) in [7, 11) is 0. The first-order valence-corrected chi connectivity index (χ1v) is 7.04. The maximum Gasteiger partial charge on any atom is 0.242 e. The Bertz CT molecular complexity index is 476. The van der Waals surface area contributed by atoms with Crippen molar-refractivity contribution in [1.82, 2.24) is 5.32 Å². The number of halogens is 3. The van der Waals surface area contributed by atoms with Gasteiger partial charge in [0.05, 0.1) is 12.2 Å². The fourth-order valence-corrected chi connectivity index (χ4v) is 3.15. The zero-order valence-corrected chi connectivity index (χ0v) is 13.5. The monoisotopic (exact) mass is 392 g/mol. The van der Waals surface area contributed by atoms with E-state index in [-0.39, 0.29) is 12.5 Å². The second kappa shape index (κ2) is 7.03. The maximum atomic E-state index is 11.7. The van der Waals surface area contributed by atoms with Gasteiger partial charge in [-0.3, -0.25) is 4.79 Å². The number of terminal acetylenes is 1. The van der Waals surface area contributed by atoms with E-state index >= 15 is 0 Å². The Balaban J connectivity index is 2.79. The zero-order valence-electron chi connectivity index (χ0n) is 9.56. The highest BCUT2D eigenvalue weighted by molar-refractivity contribution is 9.11. The maximum absolute atomic E-state index is 11.7. The molecule has 0 radical (unpaired) electrons. The highest BCUT2D eigenvalue weighted by Crippen LogP contribution is 2.34. The Morgan fingerprint density at radius 3 is 2.56 bits per heavy atom. The quantitative estimate of drug-likeness (QED) is 0.769. The zero-order chi connectivity index (χ0) is 13.7. The number of carbonyl (C=O) groups excluding carboxylic acids is 1. The molecule has 0 heterocycles. The van der Waals surface area contributed by atoms with E-state index in [1.165, 1.54) is 0 Å². The lowest BCUT2D eigenvalue weighted by molar-refractivity contribution is -0.121. The van der Waals surface area contributed by atoms with Gasteiger partial charge in [0.15, 0.2) is 0 Å². The van der Waals surface area contributed by atoms with Crippen LogP contribution < -0.4 is 10.6 Å². The molecule has 0 bridgehead atoms. The molecule has 0 saturated carbocycles. The number of benzene rings is 1. The van der Waals surface area contributed by atoms with E-state index < -0.39 is 6.04 Å². The molecular weight excluding hydrogens is 383 g/mol. The third kappa shape index (κ3) is 4.20. The topological polar surface area (TPSA) is 41.1 Å². The van der Waals surface area contributed by atoms with Gasteiger partial charge in [-0.05, 0) is 50.9 Å². The molecule has 0 aromatic heterocycles. The number of hydrogen-bond donors (Lipinski definition) is 2. The van der Waals surface area contributed by atoms with E-state index in [2.05, 4.69) is 48.4 Å². The first-order valence-electron chi connectivity index (χ1n) is 5.08. The van der Waals surface area contributed by atoms with Crippen molar-refractivity contribution in [2.75, 3.05) is 11.9 Å². The van der Waals surface area contributed by atoms with Crippen LogP contribution in [0.1, 0.15) is 6.92 Å². The summed E-state index contributed by atoms with van der Waals surface area (Å²) in [4.78, 5) is 11.7. The van der Waals surface area contributed by atoms with Crippen LogP contribution in [0.4, 0.5) is 5.69 Å². The normalized spacial score (nSPS) is 11.5. The minimum Gasteiger partial charge on any atom is -0.372 e. The van der Waals surface area contributed by atoms with Gasteiger partial charge in [0.1, 0.15) is 6.04 Å².